The molecule has 2 aromatic rings. The summed E-state index contributed by atoms with van der Waals surface area (Å²) >= 11 is 0. The molecule has 5 nitrogen and oxygen atoms in total. The van der Waals surface area contributed by atoms with Crippen LogP contribution in [-0.2, 0) is 16.0 Å². The number of carbonyl (C=O) groups excluding carboxylic acids is 2. The van der Waals surface area contributed by atoms with Gasteiger partial charge in [-0.2, -0.15) is 0 Å². The number of amides is 2. The molecule has 0 aromatic heterocycles. The van der Waals surface area contributed by atoms with E-state index in [1.807, 2.05) is 56.3 Å². The minimum Gasteiger partial charge on any atom is -0.376 e. The summed E-state index contributed by atoms with van der Waals surface area (Å²) in [6.07, 6.45) is 1.16. The van der Waals surface area contributed by atoms with Gasteiger partial charge in [0.15, 0.2) is 0 Å². The fourth-order valence-electron chi connectivity index (χ4n) is 2.69. The van der Waals surface area contributed by atoms with E-state index in [1.54, 1.807) is 19.0 Å². The molecule has 0 saturated heterocycles. The zero-order chi connectivity index (χ0) is 19.1. The average Bonchev–Trinajstić information content (AvgIpc) is 2.61. The molecule has 0 radical (unpaired) electrons. The molecule has 0 spiro atoms. The van der Waals surface area contributed by atoms with E-state index in [4.69, 9.17) is 0 Å². The molecule has 0 heterocycles. The van der Waals surface area contributed by atoms with Crippen LogP contribution in [0.5, 0.6) is 0 Å². The number of nitrogens with zero attached hydrogens (tertiary/aromatic N) is 1. The smallest absolute Gasteiger partial charge is 0.243 e. The Labute approximate surface area is 155 Å². The van der Waals surface area contributed by atoms with Gasteiger partial charge in [0, 0.05) is 31.9 Å². The van der Waals surface area contributed by atoms with Crippen LogP contribution in [0.3, 0.4) is 0 Å². The number of para-hydroxylation sites is 1. The molecule has 0 aliphatic rings. The SMILES string of the molecule is Cc1cccc(C)c1NC(=O)CNc1cccc(CCC(=O)N(C)C)c1. The predicted octanol–water partition coefficient (Wildman–Crippen LogP) is 3.37. The topological polar surface area (TPSA) is 61.4 Å². The molecule has 0 unspecified atom stereocenters. The molecule has 0 aliphatic carbocycles. The van der Waals surface area contributed by atoms with Crippen molar-refractivity contribution in [1.29, 1.82) is 0 Å². The molecule has 2 rings (SSSR count). The van der Waals surface area contributed by atoms with E-state index < -0.39 is 0 Å². The standard InChI is InChI=1S/C21H27N3O2/c1-15-7-5-8-16(2)21(15)23-19(25)14-22-18-10-6-9-17(13-18)11-12-20(26)24(3)4/h5-10,13,22H,11-12,14H2,1-4H3,(H,23,25). The highest BCUT2D eigenvalue weighted by Gasteiger charge is 2.08. The highest BCUT2D eigenvalue weighted by Crippen LogP contribution is 2.19. The Bertz CT molecular complexity index is 764. The maximum Gasteiger partial charge on any atom is 0.243 e. The molecule has 2 amide bonds. The van der Waals surface area contributed by atoms with Crippen molar-refractivity contribution < 1.29 is 9.59 Å². The molecule has 0 fully saturated rings. The second-order valence-corrected chi connectivity index (χ2v) is 6.66. The summed E-state index contributed by atoms with van der Waals surface area (Å²) in [4.78, 5) is 25.5. The van der Waals surface area contributed by atoms with Crippen molar-refractivity contribution in [3.63, 3.8) is 0 Å². The molecule has 0 saturated carbocycles. The number of benzene rings is 2. The molecule has 138 valence electrons. The zero-order valence-electron chi connectivity index (χ0n) is 15.9. The van der Waals surface area contributed by atoms with Gasteiger partial charge in [-0.1, -0.05) is 30.3 Å². The number of hydrogen-bond donors (Lipinski definition) is 2. The highest BCUT2D eigenvalue weighted by atomic mass is 16.2. The first kappa shape index (κ1) is 19.5. The Morgan fingerprint density at radius 1 is 1.00 bits per heavy atom. The minimum atomic E-state index is -0.0874. The summed E-state index contributed by atoms with van der Waals surface area (Å²) in [5.74, 6) is 0.0203. The molecule has 0 bridgehead atoms. The molecule has 0 atom stereocenters. The van der Waals surface area contributed by atoms with Gasteiger partial charge in [0.05, 0.1) is 6.54 Å². The Hall–Kier alpha value is -2.82. The Morgan fingerprint density at radius 3 is 2.31 bits per heavy atom. The lowest BCUT2D eigenvalue weighted by atomic mass is 10.1. The number of aryl methyl sites for hydroxylation is 3. The lowest BCUT2D eigenvalue weighted by Crippen LogP contribution is -2.23. The van der Waals surface area contributed by atoms with Crippen molar-refractivity contribution in [2.75, 3.05) is 31.3 Å². The zero-order valence-corrected chi connectivity index (χ0v) is 15.9. The fraction of sp³-hybridized carbons (Fsp3) is 0.333. The van der Waals surface area contributed by atoms with E-state index in [9.17, 15) is 9.59 Å². The largest absolute Gasteiger partial charge is 0.376 e. The van der Waals surface area contributed by atoms with Gasteiger partial charge in [-0.15, -0.1) is 0 Å². The van der Waals surface area contributed by atoms with Crippen molar-refractivity contribution in [3.8, 4) is 0 Å². The first-order valence-electron chi connectivity index (χ1n) is 8.76. The first-order valence-corrected chi connectivity index (χ1v) is 8.76. The van der Waals surface area contributed by atoms with E-state index >= 15 is 0 Å². The second-order valence-electron chi connectivity index (χ2n) is 6.66. The second kappa shape index (κ2) is 9.04. The predicted molar refractivity (Wildman–Crippen MR) is 106 cm³/mol. The van der Waals surface area contributed by atoms with E-state index in [2.05, 4.69) is 10.6 Å². The monoisotopic (exact) mass is 353 g/mol. The van der Waals surface area contributed by atoms with Gasteiger partial charge in [-0.3, -0.25) is 9.59 Å². The first-order chi connectivity index (χ1) is 12.4. The van der Waals surface area contributed by atoms with Crippen LogP contribution < -0.4 is 10.6 Å². The lowest BCUT2D eigenvalue weighted by molar-refractivity contribution is -0.128. The highest BCUT2D eigenvalue weighted by molar-refractivity contribution is 5.95. The quantitative estimate of drug-likeness (QED) is 0.802. The van der Waals surface area contributed by atoms with Crippen molar-refractivity contribution in [2.45, 2.75) is 26.7 Å². The van der Waals surface area contributed by atoms with E-state index in [-0.39, 0.29) is 18.4 Å². The van der Waals surface area contributed by atoms with Crippen LogP contribution in [0.2, 0.25) is 0 Å². The number of hydrogen-bond acceptors (Lipinski definition) is 3. The van der Waals surface area contributed by atoms with Crippen LogP contribution >= 0.6 is 0 Å². The number of anilines is 2. The van der Waals surface area contributed by atoms with E-state index in [0.717, 1.165) is 28.1 Å². The van der Waals surface area contributed by atoms with Gasteiger partial charge in [-0.25, -0.2) is 0 Å². The fourth-order valence-corrected chi connectivity index (χ4v) is 2.69. The third-order valence-electron chi connectivity index (χ3n) is 4.25. The summed E-state index contributed by atoms with van der Waals surface area (Å²) in [6, 6.07) is 13.8. The van der Waals surface area contributed by atoms with Crippen molar-refractivity contribution >= 4 is 23.2 Å². The summed E-state index contributed by atoms with van der Waals surface area (Å²) in [5, 5.41) is 6.11. The van der Waals surface area contributed by atoms with E-state index in [1.165, 1.54) is 0 Å². The van der Waals surface area contributed by atoms with Gasteiger partial charge in [0.1, 0.15) is 0 Å². The van der Waals surface area contributed by atoms with Gasteiger partial charge >= 0.3 is 0 Å². The van der Waals surface area contributed by atoms with Crippen LogP contribution in [0, 0.1) is 13.8 Å². The molecule has 0 aliphatic heterocycles. The van der Waals surface area contributed by atoms with Crippen LogP contribution in [0.15, 0.2) is 42.5 Å². The molecule has 26 heavy (non-hydrogen) atoms. The number of carbonyl (C=O) groups is 2. The summed E-state index contributed by atoms with van der Waals surface area (Å²) < 4.78 is 0. The summed E-state index contributed by atoms with van der Waals surface area (Å²) in [7, 11) is 3.52. The lowest BCUT2D eigenvalue weighted by Gasteiger charge is -2.13. The van der Waals surface area contributed by atoms with Gasteiger partial charge in [0.25, 0.3) is 0 Å². The molecule has 5 heteroatoms. The Balaban J connectivity index is 1.90. The van der Waals surface area contributed by atoms with Crippen LogP contribution in [0.1, 0.15) is 23.1 Å². The third kappa shape index (κ3) is 5.62. The van der Waals surface area contributed by atoms with Crippen LogP contribution in [0.4, 0.5) is 11.4 Å². The van der Waals surface area contributed by atoms with Gasteiger partial charge in [0.2, 0.25) is 11.8 Å². The van der Waals surface area contributed by atoms with E-state index in [0.29, 0.717) is 12.8 Å². The molecular formula is C21H27N3O2. The normalized spacial score (nSPS) is 10.3. The summed E-state index contributed by atoms with van der Waals surface area (Å²) in [5.41, 5.74) is 4.91. The third-order valence-corrected chi connectivity index (χ3v) is 4.25. The number of rotatable bonds is 7. The number of nitrogens with one attached hydrogen (secondary N) is 2. The molecule has 2 N–H and O–H groups in total. The Kier molecular flexibility index (Phi) is 6.78. The molecule has 2 aromatic carbocycles. The van der Waals surface area contributed by atoms with Gasteiger partial charge < -0.3 is 15.5 Å². The van der Waals surface area contributed by atoms with Crippen LogP contribution in [0.25, 0.3) is 0 Å². The van der Waals surface area contributed by atoms with Crippen molar-refractivity contribution in [3.05, 3.63) is 59.2 Å². The van der Waals surface area contributed by atoms with Crippen LogP contribution in [-0.4, -0.2) is 37.4 Å². The van der Waals surface area contributed by atoms with Crippen molar-refractivity contribution in [1.82, 2.24) is 4.90 Å². The van der Waals surface area contributed by atoms with Gasteiger partial charge in [-0.05, 0) is 49.1 Å². The minimum absolute atomic E-state index is 0.0874. The summed E-state index contributed by atoms with van der Waals surface area (Å²) in [6.45, 7) is 4.15. The average molecular weight is 353 g/mol. The maximum absolute atomic E-state index is 12.2. The maximum atomic E-state index is 12.2. The Morgan fingerprint density at radius 2 is 1.65 bits per heavy atom. The van der Waals surface area contributed by atoms with Crippen molar-refractivity contribution in [2.24, 2.45) is 0 Å². The molecular weight excluding hydrogens is 326 g/mol.